The van der Waals surface area contributed by atoms with Gasteiger partial charge in [-0.2, -0.15) is 0 Å². The highest BCUT2D eigenvalue weighted by Gasteiger charge is 2.41. The summed E-state index contributed by atoms with van der Waals surface area (Å²) in [6.45, 7) is 11.0. The Morgan fingerprint density at radius 3 is 2.65 bits per heavy atom. The first-order valence-corrected chi connectivity index (χ1v) is 10.7. The van der Waals surface area contributed by atoms with Gasteiger partial charge >= 0.3 is 5.69 Å². The number of alkyl halides is 1. The fraction of sp³-hybridized carbons (Fsp3) is 0.733. The van der Waals surface area contributed by atoms with Crippen LogP contribution in [-0.4, -0.2) is 36.8 Å². The molecule has 6 nitrogen and oxygen atoms in total. The van der Waals surface area contributed by atoms with Crippen LogP contribution < -0.4 is 11.2 Å². The van der Waals surface area contributed by atoms with Crippen LogP contribution in [-0.2, 0) is 9.16 Å². The zero-order valence-electron chi connectivity index (χ0n) is 14.3. The summed E-state index contributed by atoms with van der Waals surface area (Å²) < 4.78 is 27.0. The lowest BCUT2D eigenvalue weighted by Gasteiger charge is -2.36. The number of hydrogen-bond acceptors (Lipinski definition) is 4. The molecule has 1 N–H and O–H groups in total. The van der Waals surface area contributed by atoms with E-state index in [0.29, 0.717) is 6.61 Å². The predicted molar refractivity (Wildman–Crippen MR) is 87.9 cm³/mol. The van der Waals surface area contributed by atoms with Crippen LogP contribution in [0.15, 0.2) is 21.9 Å². The Kier molecular flexibility index (Phi) is 4.98. The summed E-state index contributed by atoms with van der Waals surface area (Å²) in [6, 6.07) is 1.18. The maximum atomic E-state index is 14.2. The molecule has 0 bridgehead atoms. The van der Waals surface area contributed by atoms with E-state index in [1.807, 2.05) is 0 Å². The molecule has 1 fully saturated rings. The average Bonchev–Trinajstić information content (AvgIpc) is 2.76. The third kappa shape index (κ3) is 3.99. The molecule has 8 heteroatoms. The molecule has 0 spiro atoms. The van der Waals surface area contributed by atoms with Crippen LogP contribution in [0.2, 0.25) is 18.1 Å². The molecule has 0 aliphatic carbocycles. The topological polar surface area (TPSA) is 73.3 Å². The lowest BCUT2D eigenvalue weighted by atomic mass is 10.2. The number of ether oxygens (including phenoxy) is 1. The van der Waals surface area contributed by atoms with E-state index in [1.165, 1.54) is 12.3 Å². The summed E-state index contributed by atoms with van der Waals surface area (Å²) in [5.41, 5.74) is -1.19. The van der Waals surface area contributed by atoms with E-state index >= 15 is 0 Å². The standard InChI is InChI=1S/C15H25FN2O4Si/c1-15(2,3)23(4,5)21-9-10-8-11(16)13(22-10)18-7-6-12(19)17-14(18)20/h6-7,10-11,13H,8-9H2,1-5H3,(H,17,19,20)/t10-,11-,13+/m0/s1. The van der Waals surface area contributed by atoms with Crippen LogP contribution >= 0.6 is 0 Å². The fourth-order valence-corrected chi connectivity index (χ4v) is 3.23. The molecule has 23 heavy (non-hydrogen) atoms. The molecule has 1 aromatic rings. The zero-order valence-corrected chi connectivity index (χ0v) is 15.3. The molecular formula is C15H25FN2O4Si. The zero-order chi connectivity index (χ0) is 17.4. The van der Waals surface area contributed by atoms with Crippen molar-refractivity contribution in [3.63, 3.8) is 0 Å². The predicted octanol–water partition coefficient (Wildman–Crippen LogP) is 2.18. The molecule has 3 atom stereocenters. The van der Waals surface area contributed by atoms with Gasteiger partial charge in [0.2, 0.25) is 0 Å². The Bertz CT molecular complexity index is 664. The number of hydrogen-bond donors (Lipinski definition) is 1. The van der Waals surface area contributed by atoms with Gasteiger partial charge in [-0.1, -0.05) is 20.8 Å². The highest BCUT2D eigenvalue weighted by Crippen LogP contribution is 2.38. The maximum Gasteiger partial charge on any atom is 0.330 e. The first kappa shape index (κ1) is 18.1. The summed E-state index contributed by atoms with van der Waals surface area (Å²) in [5.74, 6) is 0. The monoisotopic (exact) mass is 344 g/mol. The molecule has 0 aromatic carbocycles. The van der Waals surface area contributed by atoms with Crippen LogP contribution in [0.3, 0.4) is 0 Å². The van der Waals surface area contributed by atoms with E-state index in [2.05, 4.69) is 38.8 Å². The number of nitrogens with zero attached hydrogens (tertiary/aromatic N) is 1. The molecule has 0 unspecified atom stereocenters. The van der Waals surface area contributed by atoms with Crippen molar-refractivity contribution in [2.45, 2.75) is 63.8 Å². The molecular weight excluding hydrogens is 319 g/mol. The van der Waals surface area contributed by atoms with Crippen LogP contribution in [0.4, 0.5) is 4.39 Å². The molecule has 1 aliphatic rings. The van der Waals surface area contributed by atoms with E-state index in [4.69, 9.17) is 9.16 Å². The highest BCUT2D eigenvalue weighted by atomic mass is 28.4. The van der Waals surface area contributed by atoms with Crippen molar-refractivity contribution in [3.05, 3.63) is 33.1 Å². The highest BCUT2D eigenvalue weighted by molar-refractivity contribution is 6.74. The minimum absolute atomic E-state index is 0.0655. The van der Waals surface area contributed by atoms with Crippen molar-refractivity contribution in [2.24, 2.45) is 0 Å². The minimum Gasteiger partial charge on any atom is -0.414 e. The minimum atomic E-state index is -1.93. The SMILES string of the molecule is CC(C)(C)[Si](C)(C)OC[C@@H]1C[C@H](F)[C@H](n2ccc(=O)[nH]c2=O)O1. The second-order valence-electron chi connectivity index (χ2n) is 7.49. The maximum absolute atomic E-state index is 14.2. The van der Waals surface area contributed by atoms with Gasteiger partial charge in [0.15, 0.2) is 14.5 Å². The number of aromatic nitrogens is 2. The van der Waals surface area contributed by atoms with Crippen molar-refractivity contribution in [1.29, 1.82) is 0 Å². The van der Waals surface area contributed by atoms with Crippen LogP contribution in [0.1, 0.15) is 33.4 Å². The second-order valence-corrected chi connectivity index (χ2v) is 12.3. The third-order valence-corrected chi connectivity index (χ3v) is 9.19. The average molecular weight is 344 g/mol. The van der Waals surface area contributed by atoms with Gasteiger partial charge < -0.3 is 9.16 Å². The summed E-state index contributed by atoms with van der Waals surface area (Å²) in [4.78, 5) is 25.0. The molecule has 130 valence electrons. The van der Waals surface area contributed by atoms with Crippen LogP contribution in [0, 0.1) is 0 Å². The number of halogens is 1. The lowest BCUT2D eigenvalue weighted by Crippen LogP contribution is -2.42. The number of H-pyrrole nitrogens is 1. The summed E-state index contributed by atoms with van der Waals surface area (Å²) in [7, 11) is -1.93. The largest absolute Gasteiger partial charge is 0.414 e. The van der Waals surface area contributed by atoms with Crippen LogP contribution in [0.5, 0.6) is 0 Å². The van der Waals surface area contributed by atoms with Crippen molar-refractivity contribution >= 4 is 8.32 Å². The Labute approximate surface area is 135 Å². The van der Waals surface area contributed by atoms with E-state index in [1.54, 1.807) is 0 Å². The molecule has 2 rings (SSSR count). The molecule has 1 aromatic heterocycles. The Balaban J connectivity index is 2.04. The number of aromatic amines is 1. The first-order valence-electron chi connectivity index (χ1n) is 7.76. The van der Waals surface area contributed by atoms with E-state index < -0.39 is 38.1 Å². The van der Waals surface area contributed by atoms with Gasteiger partial charge in [0.05, 0.1) is 12.7 Å². The van der Waals surface area contributed by atoms with Crippen molar-refractivity contribution in [2.75, 3.05) is 6.61 Å². The molecule has 0 radical (unpaired) electrons. The Morgan fingerprint density at radius 1 is 1.43 bits per heavy atom. The van der Waals surface area contributed by atoms with Gasteiger partial charge in [0, 0.05) is 18.7 Å². The van der Waals surface area contributed by atoms with Gasteiger partial charge in [-0.25, -0.2) is 9.18 Å². The van der Waals surface area contributed by atoms with Gasteiger partial charge in [-0.15, -0.1) is 0 Å². The van der Waals surface area contributed by atoms with Crippen molar-refractivity contribution in [1.82, 2.24) is 9.55 Å². The van der Waals surface area contributed by atoms with Crippen molar-refractivity contribution < 1.29 is 13.6 Å². The number of rotatable bonds is 4. The summed E-state index contributed by atoms with van der Waals surface area (Å²) in [6.07, 6.45) is -1.30. The smallest absolute Gasteiger partial charge is 0.330 e. The molecule has 0 amide bonds. The van der Waals surface area contributed by atoms with Crippen molar-refractivity contribution in [3.8, 4) is 0 Å². The normalized spacial score (nSPS) is 25.7. The van der Waals surface area contributed by atoms with Crippen LogP contribution in [0.25, 0.3) is 0 Å². The second kappa shape index (κ2) is 6.33. The summed E-state index contributed by atoms with van der Waals surface area (Å²) >= 11 is 0. The lowest BCUT2D eigenvalue weighted by molar-refractivity contribution is -0.0374. The van der Waals surface area contributed by atoms with E-state index in [0.717, 1.165) is 4.57 Å². The Hall–Kier alpha value is -1.25. The molecule has 2 heterocycles. The van der Waals surface area contributed by atoms with E-state index in [9.17, 15) is 14.0 Å². The fourth-order valence-electron chi connectivity index (χ4n) is 2.20. The molecule has 1 aliphatic heterocycles. The summed E-state index contributed by atoms with van der Waals surface area (Å²) in [5, 5.41) is 0.0655. The van der Waals surface area contributed by atoms with Gasteiger partial charge in [-0.05, 0) is 18.1 Å². The van der Waals surface area contributed by atoms with E-state index in [-0.39, 0.29) is 11.5 Å². The molecule has 1 saturated heterocycles. The van der Waals surface area contributed by atoms with Gasteiger partial charge in [0.1, 0.15) is 6.17 Å². The van der Waals surface area contributed by atoms with Gasteiger partial charge in [0.25, 0.3) is 5.56 Å². The number of nitrogens with one attached hydrogen (secondary N) is 1. The first-order chi connectivity index (χ1) is 10.5. The quantitative estimate of drug-likeness (QED) is 0.850. The Morgan fingerprint density at radius 2 is 2.09 bits per heavy atom. The molecule has 0 saturated carbocycles. The third-order valence-electron chi connectivity index (χ3n) is 4.69. The van der Waals surface area contributed by atoms with Gasteiger partial charge in [-0.3, -0.25) is 14.3 Å².